The largest absolute Gasteiger partial charge is 0.368 e. The molecule has 0 saturated carbocycles. The second kappa shape index (κ2) is 9.17. The van der Waals surface area contributed by atoms with Gasteiger partial charge in [0.1, 0.15) is 11.8 Å². The standard InChI is InChI=1S/C21H25N5O4S/c1-3-12-31(29,30)25-17-11-7-10-16(14(17)2)23-21(28)18-13-19(20(22)27)26(24-18)15-8-5-4-6-9-15/h4-11,19,25H,3,12-13H2,1-2H3,(H2,22,27)(H,23,28). The highest BCUT2D eigenvalue weighted by molar-refractivity contribution is 7.92. The van der Waals surface area contributed by atoms with Gasteiger partial charge >= 0.3 is 0 Å². The molecule has 2 aromatic rings. The summed E-state index contributed by atoms with van der Waals surface area (Å²) in [7, 11) is -3.47. The smallest absolute Gasteiger partial charge is 0.271 e. The third-order valence-electron chi connectivity index (χ3n) is 4.84. The van der Waals surface area contributed by atoms with E-state index in [1.165, 1.54) is 5.01 Å². The van der Waals surface area contributed by atoms with Crippen LogP contribution in [0, 0.1) is 6.92 Å². The van der Waals surface area contributed by atoms with Gasteiger partial charge in [-0.1, -0.05) is 31.2 Å². The van der Waals surface area contributed by atoms with Crippen molar-refractivity contribution in [2.75, 3.05) is 20.8 Å². The molecule has 0 bridgehead atoms. The predicted molar refractivity (Wildman–Crippen MR) is 121 cm³/mol. The van der Waals surface area contributed by atoms with E-state index < -0.39 is 27.9 Å². The highest BCUT2D eigenvalue weighted by Gasteiger charge is 2.35. The number of nitrogens with two attached hydrogens (primary N) is 1. The maximum atomic E-state index is 12.9. The van der Waals surface area contributed by atoms with Crippen LogP contribution in [0.5, 0.6) is 0 Å². The van der Waals surface area contributed by atoms with Crippen molar-refractivity contribution in [2.24, 2.45) is 10.8 Å². The number of primary amides is 1. The Balaban J connectivity index is 1.81. The third-order valence-corrected chi connectivity index (χ3v) is 6.32. The molecule has 1 unspecified atom stereocenters. The normalized spacial score (nSPS) is 16.0. The van der Waals surface area contributed by atoms with Gasteiger partial charge < -0.3 is 11.1 Å². The first-order valence-corrected chi connectivity index (χ1v) is 11.5. The van der Waals surface area contributed by atoms with Crippen LogP contribution in [0.15, 0.2) is 53.6 Å². The van der Waals surface area contributed by atoms with Gasteiger partial charge in [0.05, 0.1) is 17.1 Å². The molecule has 0 aliphatic carbocycles. The summed E-state index contributed by atoms with van der Waals surface area (Å²) in [5, 5.41) is 8.52. The first-order chi connectivity index (χ1) is 14.7. The molecule has 31 heavy (non-hydrogen) atoms. The molecule has 164 valence electrons. The summed E-state index contributed by atoms with van der Waals surface area (Å²) in [6.45, 7) is 3.49. The van der Waals surface area contributed by atoms with Crippen molar-refractivity contribution in [3.8, 4) is 0 Å². The zero-order valence-corrected chi connectivity index (χ0v) is 18.1. The van der Waals surface area contributed by atoms with E-state index in [1.807, 2.05) is 6.07 Å². The lowest BCUT2D eigenvalue weighted by atomic mass is 10.1. The Bertz CT molecular complexity index is 1120. The van der Waals surface area contributed by atoms with Crippen LogP contribution < -0.4 is 20.8 Å². The number of sulfonamides is 1. The van der Waals surface area contributed by atoms with Crippen molar-refractivity contribution in [1.29, 1.82) is 0 Å². The van der Waals surface area contributed by atoms with E-state index in [9.17, 15) is 18.0 Å². The highest BCUT2D eigenvalue weighted by atomic mass is 32.2. The number of carbonyl (C=O) groups is 2. The van der Waals surface area contributed by atoms with Crippen LogP contribution in [0.3, 0.4) is 0 Å². The van der Waals surface area contributed by atoms with Gasteiger partial charge in [0.15, 0.2) is 0 Å². The van der Waals surface area contributed by atoms with Gasteiger partial charge in [0, 0.05) is 12.1 Å². The molecule has 2 amide bonds. The Labute approximate surface area is 181 Å². The fraction of sp³-hybridized carbons (Fsp3) is 0.286. The van der Waals surface area contributed by atoms with Gasteiger partial charge in [-0.15, -0.1) is 0 Å². The van der Waals surface area contributed by atoms with Crippen LogP contribution in [-0.2, 0) is 19.6 Å². The lowest BCUT2D eigenvalue weighted by molar-refractivity contribution is -0.119. The van der Waals surface area contributed by atoms with Gasteiger partial charge in [-0.05, 0) is 43.2 Å². The van der Waals surface area contributed by atoms with E-state index in [-0.39, 0.29) is 17.9 Å². The number of carbonyl (C=O) groups excluding carboxylic acids is 2. The average Bonchev–Trinajstić information content (AvgIpc) is 3.17. The number of hydrogen-bond donors (Lipinski definition) is 3. The molecular formula is C21H25N5O4S. The molecular weight excluding hydrogens is 418 g/mol. The van der Waals surface area contributed by atoms with Crippen molar-refractivity contribution in [1.82, 2.24) is 0 Å². The van der Waals surface area contributed by atoms with E-state index in [2.05, 4.69) is 15.1 Å². The molecule has 0 spiro atoms. The number of rotatable bonds is 8. The number of anilines is 3. The molecule has 0 fully saturated rings. The monoisotopic (exact) mass is 443 g/mol. The first-order valence-electron chi connectivity index (χ1n) is 9.84. The van der Waals surface area contributed by atoms with Crippen LogP contribution in [-0.4, -0.2) is 37.7 Å². The lowest BCUT2D eigenvalue weighted by Gasteiger charge is -2.20. The van der Waals surface area contributed by atoms with Crippen LogP contribution in [0.1, 0.15) is 25.3 Å². The summed E-state index contributed by atoms with van der Waals surface area (Å²) in [5.41, 5.74) is 7.73. The van der Waals surface area contributed by atoms with Crippen molar-refractivity contribution < 1.29 is 18.0 Å². The van der Waals surface area contributed by atoms with Gasteiger partial charge in [-0.3, -0.25) is 19.3 Å². The second-order valence-corrected chi connectivity index (χ2v) is 9.04. The van der Waals surface area contributed by atoms with Crippen LogP contribution in [0.4, 0.5) is 17.1 Å². The number of nitrogens with one attached hydrogen (secondary N) is 2. The Hall–Kier alpha value is -3.40. The number of nitrogens with zero attached hydrogens (tertiary/aromatic N) is 2. The lowest BCUT2D eigenvalue weighted by Crippen LogP contribution is -2.39. The van der Waals surface area contributed by atoms with Gasteiger partial charge in [0.25, 0.3) is 5.91 Å². The molecule has 4 N–H and O–H groups in total. The number of amides is 2. The fourth-order valence-electron chi connectivity index (χ4n) is 3.25. The summed E-state index contributed by atoms with van der Waals surface area (Å²) in [6, 6.07) is 13.2. The van der Waals surface area contributed by atoms with Crippen LogP contribution in [0.2, 0.25) is 0 Å². The molecule has 9 nitrogen and oxygen atoms in total. The van der Waals surface area contributed by atoms with Crippen LogP contribution in [0.25, 0.3) is 0 Å². The van der Waals surface area contributed by atoms with Gasteiger partial charge in [0.2, 0.25) is 15.9 Å². The average molecular weight is 444 g/mol. The van der Waals surface area contributed by atoms with E-state index in [0.717, 1.165) is 0 Å². The number of para-hydroxylation sites is 1. The molecule has 2 aromatic carbocycles. The van der Waals surface area contributed by atoms with E-state index in [1.54, 1.807) is 56.3 Å². The van der Waals surface area contributed by atoms with Crippen molar-refractivity contribution in [3.05, 3.63) is 54.1 Å². The first kappa shape index (κ1) is 22.3. The molecule has 1 aliphatic rings. The molecule has 1 heterocycles. The third kappa shape index (κ3) is 5.21. The quantitative estimate of drug-likeness (QED) is 0.575. The van der Waals surface area contributed by atoms with E-state index in [0.29, 0.717) is 29.0 Å². The number of hydrazone groups is 1. The maximum absolute atomic E-state index is 12.9. The topological polar surface area (TPSA) is 134 Å². The molecule has 0 aromatic heterocycles. The fourth-order valence-corrected chi connectivity index (χ4v) is 4.45. The number of benzene rings is 2. The van der Waals surface area contributed by atoms with Crippen molar-refractivity contribution >= 4 is 44.6 Å². The van der Waals surface area contributed by atoms with E-state index in [4.69, 9.17) is 5.73 Å². The Kier molecular flexibility index (Phi) is 6.59. The minimum absolute atomic E-state index is 0.00363. The van der Waals surface area contributed by atoms with Gasteiger partial charge in [-0.25, -0.2) is 8.42 Å². The molecule has 1 aliphatic heterocycles. The zero-order valence-electron chi connectivity index (χ0n) is 17.3. The second-order valence-electron chi connectivity index (χ2n) is 7.20. The van der Waals surface area contributed by atoms with E-state index >= 15 is 0 Å². The zero-order chi connectivity index (χ0) is 22.6. The molecule has 3 rings (SSSR count). The van der Waals surface area contributed by atoms with Gasteiger partial charge in [-0.2, -0.15) is 5.10 Å². The summed E-state index contributed by atoms with van der Waals surface area (Å²) >= 11 is 0. The van der Waals surface area contributed by atoms with Crippen molar-refractivity contribution in [2.45, 2.75) is 32.7 Å². The highest BCUT2D eigenvalue weighted by Crippen LogP contribution is 2.27. The maximum Gasteiger partial charge on any atom is 0.271 e. The summed E-state index contributed by atoms with van der Waals surface area (Å²) in [5.74, 6) is -1.07. The van der Waals surface area contributed by atoms with Crippen molar-refractivity contribution in [3.63, 3.8) is 0 Å². The minimum atomic E-state index is -3.47. The Morgan fingerprint density at radius 1 is 1.13 bits per heavy atom. The number of hydrogen-bond acceptors (Lipinski definition) is 6. The predicted octanol–water partition coefficient (Wildman–Crippen LogP) is 2.21. The molecule has 0 radical (unpaired) electrons. The summed E-state index contributed by atoms with van der Waals surface area (Å²) < 4.78 is 26.7. The molecule has 1 atom stereocenters. The minimum Gasteiger partial charge on any atom is -0.368 e. The summed E-state index contributed by atoms with van der Waals surface area (Å²) in [6.07, 6.45) is 0.557. The molecule has 10 heteroatoms. The Morgan fingerprint density at radius 2 is 1.81 bits per heavy atom. The SMILES string of the molecule is CCCS(=O)(=O)Nc1cccc(NC(=O)C2=NN(c3ccccc3)C(C(N)=O)C2)c1C. The molecule has 0 saturated heterocycles. The van der Waals surface area contributed by atoms with Crippen LogP contribution >= 0.6 is 0 Å². The summed E-state index contributed by atoms with van der Waals surface area (Å²) in [4.78, 5) is 24.8. The Morgan fingerprint density at radius 3 is 2.45 bits per heavy atom.